The van der Waals surface area contributed by atoms with Crippen molar-refractivity contribution >= 4 is 17.1 Å². The van der Waals surface area contributed by atoms with E-state index in [1.807, 2.05) is 6.92 Å². The van der Waals surface area contributed by atoms with Crippen molar-refractivity contribution in [2.45, 2.75) is 6.92 Å². The van der Waals surface area contributed by atoms with E-state index in [2.05, 4.69) is 25.6 Å². The highest BCUT2D eigenvalue weighted by atomic mass is 15.4. The maximum atomic E-state index is 5.39. The van der Waals surface area contributed by atoms with E-state index in [0.29, 0.717) is 19.0 Å². The first kappa shape index (κ1) is 9.78. The van der Waals surface area contributed by atoms with Crippen molar-refractivity contribution < 1.29 is 0 Å². The number of fused-ring (bicyclic) bond motifs is 1. The molecule has 0 saturated heterocycles. The summed E-state index contributed by atoms with van der Waals surface area (Å²) in [6, 6.07) is 0. The lowest BCUT2D eigenvalue weighted by molar-refractivity contribution is 0.729. The SMILES string of the molecule is Cc1nc(NCCN)nc2c1nnn2C. The first-order valence-electron chi connectivity index (χ1n) is 4.70. The number of aromatic nitrogens is 5. The predicted octanol–water partition coefficient (Wildman–Crippen LogP) is -0.563. The maximum Gasteiger partial charge on any atom is 0.225 e. The summed E-state index contributed by atoms with van der Waals surface area (Å²) in [7, 11) is 1.80. The summed E-state index contributed by atoms with van der Waals surface area (Å²) in [5.74, 6) is 0.566. The fourth-order valence-electron chi connectivity index (χ4n) is 1.31. The van der Waals surface area contributed by atoms with Gasteiger partial charge in [0.1, 0.15) is 0 Å². The molecule has 7 nitrogen and oxygen atoms in total. The zero-order valence-corrected chi connectivity index (χ0v) is 8.73. The van der Waals surface area contributed by atoms with E-state index in [1.54, 1.807) is 11.7 Å². The van der Waals surface area contributed by atoms with Crippen molar-refractivity contribution in [1.29, 1.82) is 0 Å². The Hall–Kier alpha value is -1.76. The Morgan fingerprint density at radius 1 is 1.40 bits per heavy atom. The molecule has 0 aliphatic carbocycles. The second-order valence-electron chi connectivity index (χ2n) is 3.23. The number of nitrogens with two attached hydrogens (primary N) is 1. The minimum atomic E-state index is 0.546. The highest BCUT2D eigenvalue weighted by Crippen LogP contribution is 2.12. The molecule has 0 amide bonds. The van der Waals surface area contributed by atoms with Gasteiger partial charge >= 0.3 is 0 Å². The molecular formula is C8H13N7. The number of aryl methyl sites for hydroxylation is 2. The van der Waals surface area contributed by atoms with Gasteiger partial charge in [-0.25, -0.2) is 9.67 Å². The van der Waals surface area contributed by atoms with Crippen LogP contribution in [0.2, 0.25) is 0 Å². The summed E-state index contributed by atoms with van der Waals surface area (Å²) in [5.41, 5.74) is 7.66. The van der Waals surface area contributed by atoms with E-state index < -0.39 is 0 Å². The van der Waals surface area contributed by atoms with Crippen molar-refractivity contribution in [2.75, 3.05) is 18.4 Å². The minimum absolute atomic E-state index is 0.546. The second kappa shape index (κ2) is 3.77. The third kappa shape index (κ3) is 1.73. The molecule has 2 aromatic rings. The molecule has 0 fully saturated rings. The van der Waals surface area contributed by atoms with Crippen LogP contribution in [0.25, 0.3) is 11.2 Å². The van der Waals surface area contributed by atoms with E-state index in [-0.39, 0.29) is 0 Å². The monoisotopic (exact) mass is 207 g/mol. The molecule has 7 heteroatoms. The van der Waals surface area contributed by atoms with Crippen molar-refractivity contribution in [3.05, 3.63) is 5.69 Å². The van der Waals surface area contributed by atoms with Gasteiger partial charge in [-0.05, 0) is 6.92 Å². The van der Waals surface area contributed by atoms with Crippen LogP contribution in [-0.2, 0) is 7.05 Å². The van der Waals surface area contributed by atoms with Gasteiger partial charge in [-0.1, -0.05) is 5.21 Å². The first-order chi connectivity index (χ1) is 7.22. The fraction of sp³-hybridized carbons (Fsp3) is 0.500. The van der Waals surface area contributed by atoms with E-state index in [4.69, 9.17) is 5.73 Å². The molecule has 15 heavy (non-hydrogen) atoms. The molecule has 0 bridgehead atoms. The second-order valence-corrected chi connectivity index (χ2v) is 3.23. The molecule has 0 radical (unpaired) electrons. The molecule has 0 aromatic carbocycles. The average Bonchev–Trinajstić information content (AvgIpc) is 2.58. The molecule has 0 atom stereocenters. The normalized spacial score (nSPS) is 10.9. The van der Waals surface area contributed by atoms with Crippen LogP contribution >= 0.6 is 0 Å². The van der Waals surface area contributed by atoms with Gasteiger partial charge in [-0.2, -0.15) is 4.98 Å². The number of nitrogens with one attached hydrogen (secondary N) is 1. The zero-order chi connectivity index (χ0) is 10.8. The highest BCUT2D eigenvalue weighted by Gasteiger charge is 2.09. The van der Waals surface area contributed by atoms with Gasteiger partial charge < -0.3 is 11.1 Å². The molecule has 0 aliphatic rings. The van der Waals surface area contributed by atoms with Gasteiger partial charge in [0.15, 0.2) is 11.2 Å². The van der Waals surface area contributed by atoms with Crippen molar-refractivity contribution in [1.82, 2.24) is 25.0 Å². The standard InChI is InChI=1S/C8H13N7/c1-5-6-7(15(2)14-13-6)12-8(11-5)10-4-3-9/h3-4,9H2,1-2H3,(H,10,11,12). The van der Waals surface area contributed by atoms with E-state index >= 15 is 0 Å². The van der Waals surface area contributed by atoms with Crippen LogP contribution in [0.3, 0.4) is 0 Å². The number of anilines is 1. The molecule has 3 N–H and O–H groups in total. The summed E-state index contributed by atoms with van der Waals surface area (Å²) < 4.78 is 1.62. The Labute approximate surface area is 86.7 Å². The molecule has 0 spiro atoms. The summed E-state index contributed by atoms with van der Waals surface area (Å²) in [6.45, 7) is 3.08. The molecule has 2 aromatic heterocycles. The van der Waals surface area contributed by atoms with Crippen molar-refractivity contribution in [2.24, 2.45) is 12.8 Å². The average molecular weight is 207 g/mol. The fourth-order valence-corrected chi connectivity index (χ4v) is 1.31. The van der Waals surface area contributed by atoms with Gasteiger partial charge in [0, 0.05) is 20.1 Å². The van der Waals surface area contributed by atoms with Gasteiger partial charge in [-0.3, -0.25) is 0 Å². The van der Waals surface area contributed by atoms with Crippen LogP contribution in [0.5, 0.6) is 0 Å². The summed E-state index contributed by atoms with van der Waals surface area (Å²) in [5, 5.41) is 10.9. The van der Waals surface area contributed by atoms with Crippen molar-refractivity contribution in [3.63, 3.8) is 0 Å². The zero-order valence-electron chi connectivity index (χ0n) is 8.73. The number of hydrogen-bond acceptors (Lipinski definition) is 6. The first-order valence-corrected chi connectivity index (χ1v) is 4.70. The molecule has 0 unspecified atom stereocenters. The molecule has 0 saturated carbocycles. The Morgan fingerprint density at radius 2 is 2.20 bits per heavy atom. The van der Waals surface area contributed by atoms with Crippen LogP contribution in [-0.4, -0.2) is 38.1 Å². The number of nitrogens with zero attached hydrogens (tertiary/aromatic N) is 5. The minimum Gasteiger partial charge on any atom is -0.353 e. The lowest BCUT2D eigenvalue weighted by Crippen LogP contribution is -2.15. The van der Waals surface area contributed by atoms with Crippen LogP contribution in [0.1, 0.15) is 5.69 Å². The molecule has 2 heterocycles. The third-order valence-electron chi connectivity index (χ3n) is 2.05. The van der Waals surface area contributed by atoms with E-state index in [1.165, 1.54) is 0 Å². The third-order valence-corrected chi connectivity index (χ3v) is 2.05. The largest absolute Gasteiger partial charge is 0.353 e. The number of hydrogen-bond donors (Lipinski definition) is 2. The molecule has 2 rings (SSSR count). The molecule has 0 aliphatic heterocycles. The van der Waals surface area contributed by atoms with Crippen LogP contribution < -0.4 is 11.1 Å². The van der Waals surface area contributed by atoms with Gasteiger partial charge in [0.05, 0.1) is 5.69 Å². The van der Waals surface area contributed by atoms with E-state index in [0.717, 1.165) is 16.9 Å². The Morgan fingerprint density at radius 3 is 2.93 bits per heavy atom. The van der Waals surface area contributed by atoms with Gasteiger partial charge in [0.25, 0.3) is 0 Å². The lowest BCUT2D eigenvalue weighted by Gasteiger charge is -2.03. The summed E-state index contributed by atoms with van der Waals surface area (Å²) >= 11 is 0. The van der Waals surface area contributed by atoms with Crippen LogP contribution in [0.4, 0.5) is 5.95 Å². The van der Waals surface area contributed by atoms with Gasteiger partial charge in [0.2, 0.25) is 5.95 Å². The lowest BCUT2D eigenvalue weighted by atomic mass is 10.4. The Kier molecular flexibility index (Phi) is 2.46. The topological polar surface area (TPSA) is 94.5 Å². The summed E-state index contributed by atoms with van der Waals surface area (Å²) in [4.78, 5) is 8.55. The highest BCUT2D eigenvalue weighted by molar-refractivity contribution is 5.73. The molecular weight excluding hydrogens is 194 g/mol. The Balaban J connectivity index is 2.45. The summed E-state index contributed by atoms with van der Waals surface area (Å²) in [6.07, 6.45) is 0. The van der Waals surface area contributed by atoms with Crippen LogP contribution in [0.15, 0.2) is 0 Å². The van der Waals surface area contributed by atoms with Crippen LogP contribution in [0, 0.1) is 6.92 Å². The molecule has 80 valence electrons. The van der Waals surface area contributed by atoms with E-state index in [9.17, 15) is 0 Å². The predicted molar refractivity (Wildman–Crippen MR) is 56.4 cm³/mol. The Bertz CT molecular complexity index is 475. The smallest absolute Gasteiger partial charge is 0.225 e. The maximum absolute atomic E-state index is 5.39. The van der Waals surface area contributed by atoms with Gasteiger partial charge in [-0.15, -0.1) is 5.10 Å². The van der Waals surface area contributed by atoms with Crippen molar-refractivity contribution in [3.8, 4) is 0 Å². The quantitative estimate of drug-likeness (QED) is 0.700. The number of rotatable bonds is 3.